The summed E-state index contributed by atoms with van der Waals surface area (Å²) >= 11 is 0. The Labute approximate surface area is 272 Å². The molecule has 45 heavy (non-hydrogen) atoms. The van der Waals surface area contributed by atoms with Gasteiger partial charge in [0.25, 0.3) is 0 Å². The minimum atomic E-state index is -0.0234. The van der Waals surface area contributed by atoms with Crippen molar-refractivity contribution < 1.29 is 0 Å². The van der Waals surface area contributed by atoms with E-state index in [0.717, 1.165) is 25.9 Å². The average Bonchev–Trinajstić information content (AvgIpc) is 3.62. The summed E-state index contributed by atoms with van der Waals surface area (Å²) in [5, 5.41) is 0. The van der Waals surface area contributed by atoms with Crippen LogP contribution in [0.5, 0.6) is 0 Å². The Bertz CT molecular complexity index is 1630. The molecule has 0 bridgehead atoms. The third kappa shape index (κ3) is 5.73. The lowest BCUT2D eigenvalue weighted by Crippen LogP contribution is -2.40. The van der Waals surface area contributed by atoms with Crippen molar-refractivity contribution in [3.8, 4) is 0 Å². The minimum Gasteiger partial charge on any atom is -0.364 e. The SMILES string of the molecule is CCCCN1C(=CC=C2CCC(C=CC3N(CCCC)c4ccccc4C3(C)C)=C2c2ccccc2)C(C)(C)c2ccccc21. The van der Waals surface area contributed by atoms with Crippen LogP contribution in [0, 0.1) is 0 Å². The van der Waals surface area contributed by atoms with Crippen LogP contribution in [0.2, 0.25) is 0 Å². The van der Waals surface area contributed by atoms with Crippen molar-refractivity contribution >= 4 is 16.9 Å². The van der Waals surface area contributed by atoms with Gasteiger partial charge in [-0.05, 0) is 77.3 Å². The van der Waals surface area contributed by atoms with Gasteiger partial charge in [-0.2, -0.15) is 0 Å². The first kappa shape index (κ1) is 31.2. The lowest BCUT2D eigenvalue weighted by atomic mass is 9.80. The van der Waals surface area contributed by atoms with E-state index in [1.54, 1.807) is 0 Å². The molecule has 2 aliphatic heterocycles. The number of nitrogens with zero attached hydrogens (tertiary/aromatic N) is 2. The number of allylic oxidation sites excluding steroid dienone is 7. The molecule has 1 atom stereocenters. The van der Waals surface area contributed by atoms with Crippen molar-refractivity contribution in [3.05, 3.63) is 137 Å². The maximum atomic E-state index is 2.67. The van der Waals surface area contributed by atoms with Crippen LogP contribution in [0.3, 0.4) is 0 Å². The molecule has 2 nitrogen and oxygen atoms in total. The van der Waals surface area contributed by atoms with Crippen molar-refractivity contribution in [1.82, 2.24) is 0 Å². The second-order valence-corrected chi connectivity index (χ2v) is 14.2. The molecule has 234 valence electrons. The van der Waals surface area contributed by atoms with Crippen LogP contribution in [-0.4, -0.2) is 19.1 Å². The second-order valence-electron chi connectivity index (χ2n) is 14.2. The molecule has 3 aromatic rings. The summed E-state index contributed by atoms with van der Waals surface area (Å²) in [7, 11) is 0. The fraction of sp³-hybridized carbons (Fsp3) is 0.395. The Balaban J connectivity index is 1.39. The maximum Gasteiger partial charge on any atom is 0.0568 e. The molecule has 3 aromatic carbocycles. The largest absolute Gasteiger partial charge is 0.364 e. The lowest BCUT2D eigenvalue weighted by Gasteiger charge is -2.32. The van der Waals surface area contributed by atoms with Gasteiger partial charge in [0.2, 0.25) is 0 Å². The zero-order chi connectivity index (χ0) is 31.6. The van der Waals surface area contributed by atoms with E-state index in [1.165, 1.54) is 76.2 Å². The van der Waals surface area contributed by atoms with E-state index in [4.69, 9.17) is 0 Å². The molecule has 0 saturated carbocycles. The van der Waals surface area contributed by atoms with Crippen LogP contribution in [0.25, 0.3) is 5.57 Å². The highest BCUT2D eigenvalue weighted by molar-refractivity contribution is 5.86. The zero-order valence-electron chi connectivity index (χ0n) is 28.4. The predicted molar refractivity (Wildman–Crippen MR) is 195 cm³/mol. The predicted octanol–water partition coefficient (Wildman–Crippen LogP) is 11.2. The van der Waals surface area contributed by atoms with Crippen molar-refractivity contribution in [2.45, 2.75) is 96.9 Å². The number of unbranched alkanes of at least 4 members (excludes halogenated alkanes) is 2. The summed E-state index contributed by atoms with van der Waals surface area (Å²) in [5.41, 5.74) is 12.8. The number of fused-ring (bicyclic) bond motifs is 2. The highest BCUT2D eigenvalue weighted by Gasteiger charge is 2.43. The van der Waals surface area contributed by atoms with Crippen molar-refractivity contribution in [1.29, 1.82) is 0 Å². The van der Waals surface area contributed by atoms with E-state index < -0.39 is 0 Å². The van der Waals surface area contributed by atoms with E-state index in [9.17, 15) is 0 Å². The molecule has 1 aliphatic carbocycles. The Morgan fingerprint density at radius 1 is 0.711 bits per heavy atom. The molecule has 0 spiro atoms. The van der Waals surface area contributed by atoms with Gasteiger partial charge in [0.05, 0.1) is 6.04 Å². The van der Waals surface area contributed by atoms with Gasteiger partial charge in [-0.1, -0.05) is 139 Å². The molecule has 0 amide bonds. The van der Waals surface area contributed by atoms with Crippen LogP contribution < -0.4 is 9.80 Å². The van der Waals surface area contributed by atoms with Gasteiger partial charge in [0.15, 0.2) is 0 Å². The number of anilines is 2. The minimum absolute atomic E-state index is 0.0234. The Morgan fingerprint density at radius 2 is 1.36 bits per heavy atom. The summed E-state index contributed by atoms with van der Waals surface area (Å²) in [6.07, 6.45) is 16.9. The third-order valence-corrected chi connectivity index (χ3v) is 10.6. The third-order valence-electron chi connectivity index (χ3n) is 10.6. The fourth-order valence-electron chi connectivity index (χ4n) is 8.02. The standard InChI is InChI=1S/C43H52N2/c1-7-9-30-44-37-22-16-14-20-35(37)42(3,4)39(44)28-26-33-24-25-34(41(33)32-18-12-11-13-19-32)27-29-40-43(5,6)36-21-15-17-23-38(36)45(40)31-10-8-2/h11-23,26-29,39H,7-10,24-25,30-31H2,1-6H3. The second kappa shape index (κ2) is 12.9. The van der Waals surface area contributed by atoms with Gasteiger partial charge in [-0.3, -0.25) is 0 Å². The lowest BCUT2D eigenvalue weighted by molar-refractivity contribution is 0.471. The van der Waals surface area contributed by atoms with E-state index in [2.05, 4.69) is 155 Å². The zero-order valence-corrected chi connectivity index (χ0v) is 28.4. The maximum absolute atomic E-state index is 2.67. The van der Waals surface area contributed by atoms with E-state index in [0.29, 0.717) is 6.04 Å². The molecular weight excluding hydrogens is 544 g/mol. The molecular formula is C43H52N2. The van der Waals surface area contributed by atoms with Crippen molar-refractivity contribution in [2.75, 3.05) is 22.9 Å². The molecule has 0 aromatic heterocycles. The molecule has 2 heteroatoms. The Kier molecular flexibility index (Phi) is 8.96. The quantitative estimate of drug-likeness (QED) is 0.230. The van der Waals surface area contributed by atoms with Crippen LogP contribution in [0.15, 0.2) is 120 Å². The van der Waals surface area contributed by atoms with Crippen molar-refractivity contribution in [2.24, 2.45) is 0 Å². The van der Waals surface area contributed by atoms with Gasteiger partial charge in [0, 0.05) is 41.0 Å². The monoisotopic (exact) mass is 596 g/mol. The molecule has 0 radical (unpaired) electrons. The molecule has 3 aliphatic rings. The van der Waals surface area contributed by atoms with Crippen LogP contribution >= 0.6 is 0 Å². The fourth-order valence-corrected chi connectivity index (χ4v) is 8.02. The summed E-state index contributed by atoms with van der Waals surface area (Å²) in [6.45, 7) is 16.4. The van der Waals surface area contributed by atoms with Gasteiger partial charge in [-0.15, -0.1) is 0 Å². The molecule has 0 saturated heterocycles. The van der Waals surface area contributed by atoms with Crippen LogP contribution in [-0.2, 0) is 10.8 Å². The summed E-state index contributed by atoms with van der Waals surface area (Å²) < 4.78 is 0. The van der Waals surface area contributed by atoms with E-state index in [-0.39, 0.29) is 10.8 Å². The summed E-state index contributed by atoms with van der Waals surface area (Å²) in [4.78, 5) is 5.25. The molecule has 1 unspecified atom stereocenters. The van der Waals surface area contributed by atoms with Gasteiger partial charge < -0.3 is 9.80 Å². The Morgan fingerprint density at radius 3 is 2.09 bits per heavy atom. The van der Waals surface area contributed by atoms with Crippen LogP contribution in [0.1, 0.15) is 96.8 Å². The number of hydrogen-bond acceptors (Lipinski definition) is 2. The van der Waals surface area contributed by atoms with Crippen LogP contribution in [0.4, 0.5) is 11.4 Å². The van der Waals surface area contributed by atoms with E-state index >= 15 is 0 Å². The molecule has 0 N–H and O–H groups in total. The summed E-state index contributed by atoms with van der Waals surface area (Å²) in [6, 6.07) is 29.5. The highest BCUT2D eigenvalue weighted by Crippen LogP contribution is 2.49. The first-order valence-electron chi connectivity index (χ1n) is 17.4. The van der Waals surface area contributed by atoms with Gasteiger partial charge in [-0.25, -0.2) is 0 Å². The summed E-state index contributed by atoms with van der Waals surface area (Å²) in [5.74, 6) is 0. The number of benzene rings is 3. The number of rotatable bonds is 10. The smallest absolute Gasteiger partial charge is 0.0568 e. The molecule has 0 fully saturated rings. The normalized spacial score (nSPS) is 21.9. The van der Waals surface area contributed by atoms with Gasteiger partial charge >= 0.3 is 0 Å². The topological polar surface area (TPSA) is 6.48 Å². The molecule has 2 heterocycles. The Hall–Kier alpha value is -3.78. The number of hydrogen-bond donors (Lipinski definition) is 0. The molecule has 6 rings (SSSR count). The number of para-hydroxylation sites is 2. The van der Waals surface area contributed by atoms with Crippen molar-refractivity contribution in [3.63, 3.8) is 0 Å². The van der Waals surface area contributed by atoms with Gasteiger partial charge in [0.1, 0.15) is 0 Å². The first-order chi connectivity index (χ1) is 21.8. The average molecular weight is 597 g/mol. The van der Waals surface area contributed by atoms with E-state index in [1.807, 2.05) is 0 Å². The first-order valence-corrected chi connectivity index (χ1v) is 17.4. The highest BCUT2D eigenvalue weighted by atomic mass is 15.2.